The minimum atomic E-state index is -0.162. The van der Waals surface area contributed by atoms with Crippen LogP contribution in [0.25, 0.3) is 10.9 Å². The fraction of sp³-hybridized carbons (Fsp3) is 0.304. The first-order chi connectivity index (χ1) is 14.9. The zero-order chi connectivity index (χ0) is 22.0. The lowest BCUT2D eigenvalue weighted by molar-refractivity contribution is -0.121. The zero-order valence-electron chi connectivity index (χ0n) is 17.4. The summed E-state index contributed by atoms with van der Waals surface area (Å²) in [4.78, 5) is 36.2. The Kier molecular flexibility index (Phi) is 6.04. The molecule has 31 heavy (non-hydrogen) atoms. The van der Waals surface area contributed by atoms with Gasteiger partial charge in [-0.25, -0.2) is 4.98 Å². The summed E-state index contributed by atoms with van der Waals surface area (Å²) >= 11 is 5.83. The molecule has 0 radical (unpaired) electrons. The van der Waals surface area contributed by atoms with Crippen LogP contribution in [0, 0.1) is 12.8 Å². The number of likely N-dealkylation sites (tertiary alicyclic amines) is 1. The standard InChI is InChI=1S/C23H23ClN4O3/c1-14-19(11-16-3-5-18(31-2)12-20(16)26-14)23(30)28-9-7-15(8-10-28)22(29)27-21-6-4-17(24)13-25-21/h3-6,11-13,15H,7-10H2,1-2H3,(H,25,27,29). The van der Waals surface area contributed by atoms with Crippen molar-refractivity contribution in [1.82, 2.24) is 14.9 Å². The maximum absolute atomic E-state index is 13.1. The van der Waals surface area contributed by atoms with E-state index in [2.05, 4.69) is 15.3 Å². The maximum atomic E-state index is 13.1. The van der Waals surface area contributed by atoms with E-state index < -0.39 is 0 Å². The average Bonchev–Trinajstić information content (AvgIpc) is 2.79. The van der Waals surface area contributed by atoms with Crippen molar-refractivity contribution in [1.29, 1.82) is 0 Å². The highest BCUT2D eigenvalue weighted by Crippen LogP contribution is 2.25. The number of rotatable bonds is 4. The molecule has 160 valence electrons. The van der Waals surface area contributed by atoms with E-state index in [1.54, 1.807) is 24.1 Å². The number of amides is 2. The molecule has 3 heterocycles. The molecule has 1 fully saturated rings. The molecule has 1 aliphatic rings. The number of carbonyl (C=O) groups excluding carboxylic acids is 2. The van der Waals surface area contributed by atoms with Gasteiger partial charge >= 0.3 is 0 Å². The normalized spacial score (nSPS) is 14.5. The van der Waals surface area contributed by atoms with Gasteiger partial charge in [0.2, 0.25) is 5.91 Å². The largest absolute Gasteiger partial charge is 0.497 e. The Hall–Kier alpha value is -3.19. The second kappa shape index (κ2) is 8.89. The third-order valence-electron chi connectivity index (χ3n) is 5.58. The number of aromatic nitrogens is 2. The van der Waals surface area contributed by atoms with E-state index in [9.17, 15) is 9.59 Å². The molecule has 0 unspecified atom stereocenters. The molecule has 0 atom stereocenters. The van der Waals surface area contributed by atoms with Crippen LogP contribution in [0.15, 0.2) is 42.6 Å². The first kappa shape index (κ1) is 21.1. The predicted molar refractivity (Wildman–Crippen MR) is 120 cm³/mol. The third-order valence-corrected chi connectivity index (χ3v) is 5.80. The smallest absolute Gasteiger partial charge is 0.255 e. The number of piperidine rings is 1. The van der Waals surface area contributed by atoms with Crippen LogP contribution < -0.4 is 10.1 Å². The van der Waals surface area contributed by atoms with E-state index >= 15 is 0 Å². The summed E-state index contributed by atoms with van der Waals surface area (Å²) in [6.07, 6.45) is 2.69. The van der Waals surface area contributed by atoms with E-state index in [0.29, 0.717) is 48.0 Å². The fourth-order valence-corrected chi connectivity index (χ4v) is 3.89. The number of carbonyl (C=O) groups is 2. The second-order valence-electron chi connectivity index (χ2n) is 7.60. The van der Waals surface area contributed by atoms with Gasteiger partial charge in [0.05, 0.1) is 28.9 Å². The van der Waals surface area contributed by atoms with Gasteiger partial charge in [0.15, 0.2) is 0 Å². The van der Waals surface area contributed by atoms with E-state index in [1.165, 1.54) is 6.20 Å². The third kappa shape index (κ3) is 4.61. The van der Waals surface area contributed by atoms with Crippen molar-refractivity contribution in [3.63, 3.8) is 0 Å². The molecule has 7 nitrogen and oxygen atoms in total. The number of ether oxygens (including phenoxy) is 1. The minimum absolute atomic E-state index is 0.0547. The fourth-order valence-electron chi connectivity index (χ4n) is 3.78. The Morgan fingerprint density at radius 2 is 1.94 bits per heavy atom. The molecule has 4 rings (SSSR count). The lowest BCUT2D eigenvalue weighted by atomic mass is 9.95. The number of benzene rings is 1. The molecule has 1 aliphatic heterocycles. The highest BCUT2D eigenvalue weighted by atomic mass is 35.5. The zero-order valence-corrected chi connectivity index (χ0v) is 18.1. The molecular weight excluding hydrogens is 416 g/mol. The van der Waals surface area contributed by atoms with Crippen LogP contribution in [-0.2, 0) is 4.79 Å². The monoisotopic (exact) mass is 438 g/mol. The Balaban J connectivity index is 1.41. The SMILES string of the molecule is COc1ccc2cc(C(=O)N3CCC(C(=O)Nc4ccc(Cl)cn4)CC3)c(C)nc2c1. The van der Waals surface area contributed by atoms with E-state index in [-0.39, 0.29) is 17.7 Å². The van der Waals surface area contributed by atoms with Gasteiger partial charge in [-0.05, 0) is 50.1 Å². The number of nitrogens with one attached hydrogen (secondary N) is 1. The van der Waals surface area contributed by atoms with Crippen LogP contribution in [-0.4, -0.2) is 46.9 Å². The van der Waals surface area contributed by atoms with Crippen molar-refractivity contribution < 1.29 is 14.3 Å². The topological polar surface area (TPSA) is 84.4 Å². The van der Waals surface area contributed by atoms with Gasteiger partial charge in [-0.2, -0.15) is 0 Å². The predicted octanol–water partition coefficient (Wildman–Crippen LogP) is 4.09. The van der Waals surface area contributed by atoms with Gasteiger partial charge in [0, 0.05) is 36.7 Å². The number of aryl methyl sites for hydroxylation is 1. The van der Waals surface area contributed by atoms with Crippen molar-refractivity contribution >= 4 is 40.1 Å². The van der Waals surface area contributed by atoms with Crippen molar-refractivity contribution in [3.8, 4) is 5.75 Å². The number of fused-ring (bicyclic) bond motifs is 1. The lowest BCUT2D eigenvalue weighted by Gasteiger charge is -2.31. The summed E-state index contributed by atoms with van der Waals surface area (Å²) < 4.78 is 5.25. The van der Waals surface area contributed by atoms with Gasteiger partial charge in [-0.15, -0.1) is 0 Å². The molecule has 3 aromatic rings. The number of hydrogen-bond donors (Lipinski definition) is 1. The number of hydrogen-bond acceptors (Lipinski definition) is 5. The molecule has 2 aromatic heterocycles. The summed E-state index contributed by atoms with van der Waals surface area (Å²) in [5.41, 5.74) is 2.06. The molecule has 0 spiro atoms. The van der Waals surface area contributed by atoms with Gasteiger partial charge in [0.1, 0.15) is 11.6 Å². The molecule has 0 saturated carbocycles. The molecule has 2 amide bonds. The number of nitrogens with zero attached hydrogens (tertiary/aromatic N) is 3. The molecule has 1 N–H and O–H groups in total. The summed E-state index contributed by atoms with van der Waals surface area (Å²) in [6.45, 7) is 2.88. The van der Waals surface area contributed by atoms with Crippen LogP contribution >= 0.6 is 11.6 Å². The first-order valence-electron chi connectivity index (χ1n) is 10.1. The van der Waals surface area contributed by atoms with Crippen molar-refractivity contribution in [2.24, 2.45) is 5.92 Å². The summed E-state index contributed by atoms with van der Waals surface area (Å²) in [7, 11) is 1.61. The Morgan fingerprint density at radius 1 is 1.16 bits per heavy atom. The van der Waals surface area contributed by atoms with Gasteiger partial charge in [-0.1, -0.05) is 11.6 Å². The van der Waals surface area contributed by atoms with Crippen molar-refractivity contribution in [3.05, 3.63) is 58.9 Å². The average molecular weight is 439 g/mol. The number of pyridine rings is 2. The number of halogens is 1. The van der Waals surface area contributed by atoms with Gasteiger partial charge in [-0.3, -0.25) is 14.6 Å². The number of anilines is 1. The first-order valence-corrected chi connectivity index (χ1v) is 10.5. The quantitative estimate of drug-likeness (QED) is 0.663. The highest BCUT2D eigenvalue weighted by molar-refractivity contribution is 6.30. The van der Waals surface area contributed by atoms with Crippen molar-refractivity contribution in [2.45, 2.75) is 19.8 Å². The molecular formula is C23H23ClN4O3. The molecule has 8 heteroatoms. The van der Waals surface area contributed by atoms with Crippen molar-refractivity contribution in [2.75, 3.05) is 25.5 Å². The van der Waals surface area contributed by atoms with Gasteiger partial charge < -0.3 is 15.0 Å². The Labute approximate surface area is 185 Å². The van der Waals surface area contributed by atoms with E-state index in [1.807, 2.05) is 31.2 Å². The molecule has 0 bridgehead atoms. The summed E-state index contributed by atoms with van der Waals surface area (Å²) in [6, 6.07) is 10.8. The van der Waals surface area contributed by atoms with E-state index in [0.717, 1.165) is 16.7 Å². The Morgan fingerprint density at radius 3 is 2.61 bits per heavy atom. The van der Waals surface area contributed by atoms with Crippen LogP contribution in [0.2, 0.25) is 5.02 Å². The summed E-state index contributed by atoms with van der Waals surface area (Å²) in [5.74, 6) is 0.903. The van der Waals surface area contributed by atoms with Crippen LogP contribution in [0.3, 0.4) is 0 Å². The lowest BCUT2D eigenvalue weighted by Crippen LogP contribution is -2.41. The van der Waals surface area contributed by atoms with Crippen LogP contribution in [0.1, 0.15) is 28.9 Å². The van der Waals surface area contributed by atoms with Crippen LogP contribution in [0.5, 0.6) is 5.75 Å². The molecule has 0 aliphatic carbocycles. The second-order valence-corrected chi connectivity index (χ2v) is 8.03. The maximum Gasteiger partial charge on any atom is 0.255 e. The van der Waals surface area contributed by atoms with Gasteiger partial charge in [0.25, 0.3) is 5.91 Å². The molecule has 1 saturated heterocycles. The summed E-state index contributed by atoms with van der Waals surface area (Å²) in [5, 5.41) is 4.23. The minimum Gasteiger partial charge on any atom is -0.497 e. The number of methoxy groups -OCH3 is 1. The molecule has 1 aromatic carbocycles. The van der Waals surface area contributed by atoms with E-state index in [4.69, 9.17) is 16.3 Å². The van der Waals surface area contributed by atoms with Crippen LogP contribution in [0.4, 0.5) is 5.82 Å². The Bertz CT molecular complexity index is 1130. The highest BCUT2D eigenvalue weighted by Gasteiger charge is 2.29.